The van der Waals surface area contributed by atoms with Crippen LogP contribution in [0.1, 0.15) is 49.3 Å². The molecule has 0 spiro atoms. The lowest BCUT2D eigenvalue weighted by Crippen LogP contribution is -2.03. The standard InChI is InChI=1S/C16H20N2/c1-12(2)16-6-8-18-11-15(16)9-13(3)14-5-4-7-17-10-14/h4-8,10-13H,9H2,1-3H3. The topological polar surface area (TPSA) is 25.8 Å². The normalized spacial score (nSPS) is 12.7. The van der Waals surface area contributed by atoms with Crippen molar-refractivity contribution in [3.63, 3.8) is 0 Å². The van der Waals surface area contributed by atoms with Gasteiger partial charge in [0, 0.05) is 24.8 Å². The minimum atomic E-state index is 0.473. The Morgan fingerprint density at radius 1 is 1.00 bits per heavy atom. The van der Waals surface area contributed by atoms with Gasteiger partial charge in [-0.1, -0.05) is 26.8 Å². The molecule has 2 heteroatoms. The number of hydrogen-bond donors (Lipinski definition) is 0. The van der Waals surface area contributed by atoms with Gasteiger partial charge in [0.1, 0.15) is 0 Å². The summed E-state index contributed by atoms with van der Waals surface area (Å²) in [4.78, 5) is 8.45. The minimum Gasteiger partial charge on any atom is -0.264 e. The van der Waals surface area contributed by atoms with Gasteiger partial charge in [0.2, 0.25) is 0 Å². The second-order valence-electron chi connectivity index (χ2n) is 5.12. The van der Waals surface area contributed by atoms with Gasteiger partial charge in [-0.15, -0.1) is 0 Å². The Kier molecular flexibility index (Phi) is 4.08. The molecule has 0 aliphatic carbocycles. The van der Waals surface area contributed by atoms with Gasteiger partial charge >= 0.3 is 0 Å². The SMILES string of the molecule is CC(C)c1ccncc1CC(C)c1cccnc1. The van der Waals surface area contributed by atoms with Crippen molar-refractivity contribution in [2.45, 2.75) is 39.0 Å². The number of rotatable bonds is 4. The van der Waals surface area contributed by atoms with Gasteiger partial charge in [0.05, 0.1) is 0 Å². The average Bonchev–Trinajstić information content (AvgIpc) is 2.40. The summed E-state index contributed by atoms with van der Waals surface area (Å²) in [5, 5.41) is 0. The van der Waals surface area contributed by atoms with Crippen molar-refractivity contribution in [3.05, 3.63) is 59.7 Å². The van der Waals surface area contributed by atoms with Crippen LogP contribution in [0.5, 0.6) is 0 Å². The molecule has 0 fully saturated rings. The third kappa shape index (κ3) is 2.95. The van der Waals surface area contributed by atoms with Crippen LogP contribution in [-0.4, -0.2) is 9.97 Å². The predicted molar refractivity (Wildman–Crippen MR) is 74.7 cm³/mol. The summed E-state index contributed by atoms with van der Waals surface area (Å²) in [7, 11) is 0. The van der Waals surface area contributed by atoms with Gasteiger partial charge in [-0.05, 0) is 47.1 Å². The highest BCUT2D eigenvalue weighted by atomic mass is 14.6. The van der Waals surface area contributed by atoms with E-state index in [1.54, 1.807) is 0 Å². The summed E-state index contributed by atoms with van der Waals surface area (Å²) in [6.45, 7) is 6.70. The summed E-state index contributed by atoms with van der Waals surface area (Å²) in [6.07, 6.45) is 8.68. The number of aromatic nitrogens is 2. The molecular formula is C16H20N2. The highest BCUT2D eigenvalue weighted by Gasteiger charge is 2.11. The molecule has 18 heavy (non-hydrogen) atoms. The van der Waals surface area contributed by atoms with E-state index >= 15 is 0 Å². The molecule has 0 bridgehead atoms. The highest BCUT2D eigenvalue weighted by Crippen LogP contribution is 2.25. The summed E-state index contributed by atoms with van der Waals surface area (Å²) in [5.41, 5.74) is 4.04. The Hall–Kier alpha value is -1.70. The Labute approximate surface area is 109 Å². The van der Waals surface area contributed by atoms with E-state index in [9.17, 15) is 0 Å². The highest BCUT2D eigenvalue weighted by molar-refractivity contribution is 5.29. The van der Waals surface area contributed by atoms with Crippen molar-refractivity contribution in [3.8, 4) is 0 Å². The molecule has 0 amide bonds. The van der Waals surface area contributed by atoms with Crippen LogP contribution in [0.25, 0.3) is 0 Å². The maximum Gasteiger partial charge on any atom is 0.0302 e. The van der Waals surface area contributed by atoms with E-state index in [-0.39, 0.29) is 0 Å². The van der Waals surface area contributed by atoms with Crippen LogP contribution in [0.3, 0.4) is 0 Å². The molecule has 0 radical (unpaired) electrons. The van der Waals surface area contributed by atoms with Crippen LogP contribution in [-0.2, 0) is 6.42 Å². The zero-order valence-electron chi connectivity index (χ0n) is 11.3. The van der Waals surface area contributed by atoms with Crippen molar-refractivity contribution in [1.82, 2.24) is 9.97 Å². The van der Waals surface area contributed by atoms with Crippen LogP contribution in [0, 0.1) is 0 Å². The van der Waals surface area contributed by atoms with E-state index < -0.39 is 0 Å². The largest absolute Gasteiger partial charge is 0.264 e. The fourth-order valence-electron chi connectivity index (χ4n) is 2.29. The zero-order valence-corrected chi connectivity index (χ0v) is 11.3. The third-order valence-corrected chi connectivity index (χ3v) is 3.34. The van der Waals surface area contributed by atoms with Crippen molar-refractivity contribution in [2.75, 3.05) is 0 Å². The minimum absolute atomic E-state index is 0.473. The van der Waals surface area contributed by atoms with Gasteiger partial charge in [-0.2, -0.15) is 0 Å². The second-order valence-corrected chi connectivity index (χ2v) is 5.12. The number of pyridine rings is 2. The fourth-order valence-corrected chi connectivity index (χ4v) is 2.29. The molecule has 2 rings (SSSR count). The molecule has 2 aromatic heterocycles. The zero-order chi connectivity index (χ0) is 13.0. The molecule has 2 nitrogen and oxygen atoms in total. The van der Waals surface area contributed by atoms with E-state index in [0.717, 1.165) is 6.42 Å². The molecule has 0 saturated heterocycles. The van der Waals surface area contributed by atoms with Crippen LogP contribution < -0.4 is 0 Å². The summed E-state index contributed by atoms with van der Waals surface area (Å²) >= 11 is 0. The van der Waals surface area contributed by atoms with Crippen molar-refractivity contribution in [2.24, 2.45) is 0 Å². The molecule has 2 aromatic rings. The average molecular weight is 240 g/mol. The molecule has 0 aliphatic heterocycles. The first-order chi connectivity index (χ1) is 8.68. The molecule has 2 heterocycles. The fraction of sp³-hybridized carbons (Fsp3) is 0.375. The summed E-state index contributed by atoms with van der Waals surface area (Å²) in [6, 6.07) is 6.28. The lowest BCUT2D eigenvalue weighted by Gasteiger charge is -2.16. The van der Waals surface area contributed by atoms with Crippen molar-refractivity contribution >= 4 is 0 Å². The Bertz CT molecular complexity index is 491. The number of hydrogen-bond acceptors (Lipinski definition) is 2. The first-order valence-electron chi connectivity index (χ1n) is 6.51. The van der Waals surface area contributed by atoms with Gasteiger partial charge in [0.15, 0.2) is 0 Å². The molecule has 94 valence electrons. The van der Waals surface area contributed by atoms with Crippen LogP contribution in [0.4, 0.5) is 0 Å². The van der Waals surface area contributed by atoms with E-state index in [2.05, 4.69) is 42.9 Å². The molecular weight excluding hydrogens is 220 g/mol. The first-order valence-corrected chi connectivity index (χ1v) is 6.51. The molecule has 1 atom stereocenters. The van der Waals surface area contributed by atoms with Crippen molar-refractivity contribution in [1.29, 1.82) is 0 Å². The predicted octanol–water partition coefficient (Wildman–Crippen LogP) is 3.95. The number of nitrogens with zero attached hydrogens (tertiary/aromatic N) is 2. The molecule has 0 aliphatic rings. The van der Waals surface area contributed by atoms with Gasteiger partial charge in [-0.3, -0.25) is 9.97 Å². The van der Waals surface area contributed by atoms with Gasteiger partial charge < -0.3 is 0 Å². The molecule has 0 aromatic carbocycles. The molecule has 0 saturated carbocycles. The lowest BCUT2D eigenvalue weighted by atomic mass is 9.90. The van der Waals surface area contributed by atoms with Crippen LogP contribution >= 0.6 is 0 Å². The van der Waals surface area contributed by atoms with E-state index in [1.165, 1.54) is 16.7 Å². The van der Waals surface area contributed by atoms with Crippen LogP contribution in [0.15, 0.2) is 43.0 Å². The lowest BCUT2D eigenvalue weighted by molar-refractivity contribution is 0.730. The smallest absolute Gasteiger partial charge is 0.0302 e. The van der Waals surface area contributed by atoms with Gasteiger partial charge in [-0.25, -0.2) is 0 Å². The first kappa shape index (κ1) is 12.7. The van der Waals surface area contributed by atoms with E-state index in [4.69, 9.17) is 0 Å². The summed E-state index contributed by atoms with van der Waals surface area (Å²) < 4.78 is 0. The third-order valence-electron chi connectivity index (χ3n) is 3.34. The Morgan fingerprint density at radius 3 is 2.44 bits per heavy atom. The van der Waals surface area contributed by atoms with Crippen molar-refractivity contribution < 1.29 is 0 Å². The Morgan fingerprint density at radius 2 is 1.78 bits per heavy atom. The van der Waals surface area contributed by atoms with E-state index in [0.29, 0.717) is 11.8 Å². The van der Waals surface area contributed by atoms with E-state index in [1.807, 2.05) is 30.9 Å². The molecule has 1 unspecified atom stereocenters. The maximum atomic E-state index is 4.26. The second kappa shape index (κ2) is 5.76. The Balaban J connectivity index is 2.19. The van der Waals surface area contributed by atoms with Crippen LogP contribution in [0.2, 0.25) is 0 Å². The monoisotopic (exact) mass is 240 g/mol. The maximum absolute atomic E-state index is 4.26. The quantitative estimate of drug-likeness (QED) is 0.808. The molecule has 0 N–H and O–H groups in total. The summed E-state index contributed by atoms with van der Waals surface area (Å²) in [5.74, 6) is 1.02. The van der Waals surface area contributed by atoms with Gasteiger partial charge in [0.25, 0.3) is 0 Å².